The molecule has 1 heterocycles. The van der Waals surface area contributed by atoms with Gasteiger partial charge in [0.15, 0.2) is 0 Å². The minimum Gasteiger partial charge on any atom is -0.372 e. The van der Waals surface area contributed by atoms with E-state index in [2.05, 4.69) is 21.0 Å². The molecule has 1 aliphatic rings. The van der Waals surface area contributed by atoms with Crippen LogP contribution in [0.5, 0.6) is 0 Å². The van der Waals surface area contributed by atoms with Crippen LogP contribution in [0.25, 0.3) is 0 Å². The molecule has 5 heteroatoms. The van der Waals surface area contributed by atoms with Crippen molar-refractivity contribution in [1.82, 2.24) is 9.78 Å². The Labute approximate surface area is 104 Å². The maximum Gasteiger partial charge on any atom is 0.0900 e. The summed E-state index contributed by atoms with van der Waals surface area (Å²) >= 11 is 3.53. The van der Waals surface area contributed by atoms with Gasteiger partial charge in [-0.3, -0.25) is 4.68 Å². The molecule has 0 saturated heterocycles. The predicted molar refractivity (Wildman–Crippen MR) is 66.0 cm³/mol. The first-order valence-electron chi connectivity index (χ1n) is 5.61. The number of nitrogens with two attached hydrogens (primary N) is 1. The molecule has 4 nitrogen and oxygen atoms in total. The lowest BCUT2D eigenvalue weighted by atomic mass is 9.82. The van der Waals surface area contributed by atoms with Crippen LogP contribution in [0.1, 0.15) is 24.2 Å². The van der Waals surface area contributed by atoms with Crippen LogP contribution in [0.4, 0.5) is 0 Å². The molecule has 0 amide bonds. The molecule has 0 unspecified atom stereocenters. The van der Waals surface area contributed by atoms with Crippen molar-refractivity contribution >= 4 is 15.9 Å². The van der Waals surface area contributed by atoms with Gasteiger partial charge in [0.1, 0.15) is 0 Å². The molecule has 0 atom stereocenters. The summed E-state index contributed by atoms with van der Waals surface area (Å²) < 4.78 is 8.76. The summed E-state index contributed by atoms with van der Waals surface area (Å²) in [5.74, 6) is 0.668. The van der Waals surface area contributed by atoms with Crippen molar-refractivity contribution in [3.8, 4) is 0 Å². The van der Waals surface area contributed by atoms with Crippen molar-refractivity contribution in [2.75, 3.05) is 6.54 Å². The number of aromatic nitrogens is 2. The summed E-state index contributed by atoms with van der Waals surface area (Å²) in [6, 6.07) is 0. The van der Waals surface area contributed by atoms with Gasteiger partial charge in [-0.05, 0) is 48.2 Å². The van der Waals surface area contributed by atoms with E-state index in [1.807, 2.05) is 18.7 Å². The Morgan fingerprint density at radius 1 is 1.56 bits per heavy atom. The lowest BCUT2D eigenvalue weighted by Gasteiger charge is -2.34. The van der Waals surface area contributed by atoms with Gasteiger partial charge in [0, 0.05) is 7.05 Å². The van der Waals surface area contributed by atoms with E-state index < -0.39 is 0 Å². The molecule has 16 heavy (non-hydrogen) atoms. The first-order chi connectivity index (χ1) is 7.61. The maximum atomic E-state index is 5.82. The predicted octanol–water partition coefficient (Wildman–Crippen LogP) is 1.74. The van der Waals surface area contributed by atoms with Gasteiger partial charge in [0.25, 0.3) is 0 Å². The van der Waals surface area contributed by atoms with Gasteiger partial charge in [-0.15, -0.1) is 0 Å². The molecule has 0 aromatic carbocycles. The summed E-state index contributed by atoms with van der Waals surface area (Å²) in [6.45, 7) is 3.40. The second-order valence-corrected chi connectivity index (χ2v) is 5.27. The van der Waals surface area contributed by atoms with Crippen LogP contribution in [0.2, 0.25) is 0 Å². The molecule has 2 rings (SSSR count). The minimum atomic E-state index is 0.385. The first kappa shape index (κ1) is 12.1. The number of ether oxygens (including phenoxy) is 1. The van der Waals surface area contributed by atoms with Crippen molar-refractivity contribution in [2.45, 2.75) is 32.5 Å². The molecule has 1 aromatic rings. The Bertz CT molecular complexity index is 372. The van der Waals surface area contributed by atoms with Gasteiger partial charge in [-0.2, -0.15) is 5.10 Å². The van der Waals surface area contributed by atoms with E-state index in [1.165, 1.54) is 0 Å². The van der Waals surface area contributed by atoms with Crippen LogP contribution in [0.15, 0.2) is 4.47 Å². The fourth-order valence-electron chi connectivity index (χ4n) is 2.04. The van der Waals surface area contributed by atoms with E-state index in [0.29, 0.717) is 18.6 Å². The zero-order chi connectivity index (χ0) is 11.7. The molecule has 1 fully saturated rings. The Hall–Kier alpha value is -0.390. The summed E-state index contributed by atoms with van der Waals surface area (Å²) in [5, 5.41) is 4.33. The molecule has 0 aliphatic heterocycles. The summed E-state index contributed by atoms with van der Waals surface area (Å²) in [4.78, 5) is 0. The number of rotatable bonds is 4. The average Bonchev–Trinajstić information content (AvgIpc) is 2.42. The highest BCUT2D eigenvalue weighted by atomic mass is 79.9. The van der Waals surface area contributed by atoms with E-state index in [9.17, 15) is 0 Å². The Kier molecular flexibility index (Phi) is 3.66. The van der Waals surface area contributed by atoms with E-state index in [4.69, 9.17) is 10.5 Å². The Morgan fingerprint density at radius 3 is 2.75 bits per heavy atom. The van der Waals surface area contributed by atoms with Crippen molar-refractivity contribution in [3.63, 3.8) is 0 Å². The topological polar surface area (TPSA) is 53.1 Å². The van der Waals surface area contributed by atoms with E-state index >= 15 is 0 Å². The SMILES string of the molecule is Cc1nn(C)c(COC2CC(CN)C2)c1Br. The highest BCUT2D eigenvalue weighted by Gasteiger charge is 2.29. The van der Waals surface area contributed by atoms with Crippen LogP contribution < -0.4 is 5.73 Å². The lowest BCUT2D eigenvalue weighted by molar-refractivity contribution is -0.0399. The monoisotopic (exact) mass is 287 g/mol. The summed E-state index contributed by atoms with van der Waals surface area (Å²) in [6.07, 6.45) is 2.59. The van der Waals surface area contributed by atoms with Crippen LogP contribution in [-0.4, -0.2) is 22.4 Å². The molecule has 2 N–H and O–H groups in total. The van der Waals surface area contributed by atoms with E-state index in [1.54, 1.807) is 0 Å². The van der Waals surface area contributed by atoms with Crippen LogP contribution in [0, 0.1) is 12.8 Å². The molecule has 0 radical (unpaired) electrons. The van der Waals surface area contributed by atoms with Gasteiger partial charge in [0.2, 0.25) is 0 Å². The fraction of sp³-hybridized carbons (Fsp3) is 0.727. The largest absolute Gasteiger partial charge is 0.372 e. The van der Waals surface area contributed by atoms with E-state index in [0.717, 1.165) is 35.2 Å². The van der Waals surface area contributed by atoms with Crippen LogP contribution >= 0.6 is 15.9 Å². The molecule has 1 saturated carbocycles. The maximum absolute atomic E-state index is 5.82. The number of aryl methyl sites for hydroxylation is 2. The normalized spacial score (nSPS) is 24.5. The number of hydrogen-bond donors (Lipinski definition) is 1. The molecule has 90 valence electrons. The van der Waals surface area contributed by atoms with Gasteiger partial charge < -0.3 is 10.5 Å². The lowest BCUT2D eigenvalue weighted by Crippen LogP contribution is -2.35. The third kappa shape index (κ3) is 2.31. The van der Waals surface area contributed by atoms with Crippen LogP contribution in [-0.2, 0) is 18.4 Å². The summed E-state index contributed by atoms with van der Waals surface area (Å²) in [5.41, 5.74) is 7.69. The quantitative estimate of drug-likeness (QED) is 0.918. The van der Waals surface area contributed by atoms with E-state index in [-0.39, 0.29) is 0 Å². The van der Waals surface area contributed by atoms with Gasteiger partial charge in [-0.1, -0.05) is 0 Å². The molecule has 1 aliphatic carbocycles. The zero-order valence-electron chi connectivity index (χ0n) is 9.74. The zero-order valence-corrected chi connectivity index (χ0v) is 11.3. The third-order valence-electron chi connectivity index (χ3n) is 3.24. The summed E-state index contributed by atoms with van der Waals surface area (Å²) in [7, 11) is 1.94. The molecular formula is C11H18BrN3O. The fourth-order valence-corrected chi connectivity index (χ4v) is 2.49. The minimum absolute atomic E-state index is 0.385. The van der Waals surface area contributed by atoms with Crippen LogP contribution in [0.3, 0.4) is 0 Å². The highest BCUT2D eigenvalue weighted by molar-refractivity contribution is 9.10. The molecule has 1 aromatic heterocycles. The Morgan fingerprint density at radius 2 is 2.25 bits per heavy atom. The van der Waals surface area contributed by atoms with Crippen molar-refractivity contribution < 1.29 is 4.74 Å². The van der Waals surface area contributed by atoms with Gasteiger partial charge in [0.05, 0.1) is 28.6 Å². The second kappa shape index (κ2) is 4.85. The standard InChI is InChI=1S/C11H18BrN3O/c1-7-11(12)10(15(2)14-7)6-16-9-3-8(4-9)5-13/h8-9H,3-6,13H2,1-2H3. The van der Waals surface area contributed by atoms with Gasteiger partial charge in [-0.25, -0.2) is 0 Å². The molecule has 0 spiro atoms. The molecular weight excluding hydrogens is 270 g/mol. The average molecular weight is 288 g/mol. The Balaban J connectivity index is 1.86. The smallest absolute Gasteiger partial charge is 0.0900 e. The second-order valence-electron chi connectivity index (χ2n) is 4.48. The third-order valence-corrected chi connectivity index (χ3v) is 4.27. The first-order valence-corrected chi connectivity index (χ1v) is 6.40. The van der Waals surface area contributed by atoms with Crippen molar-refractivity contribution in [2.24, 2.45) is 18.7 Å². The number of hydrogen-bond acceptors (Lipinski definition) is 3. The highest BCUT2D eigenvalue weighted by Crippen LogP contribution is 2.30. The van der Waals surface area contributed by atoms with Crippen molar-refractivity contribution in [3.05, 3.63) is 15.9 Å². The molecule has 0 bridgehead atoms. The van der Waals surface area contributed by atoms with Crippen molar-refractivity contribution in [1.29, 1.82) is 0 Å². The number of halogens is 1. The number of nitrogens with zero attached hydrogens (tertiary/aromatic N) is 2. The van der Waals surface area contributed by atoms with Gasteiger partial charge >= 0.3 is 0 Å².